The average molecular weight is 184 g/mol. The van der Waals surface area contributed by atoms with Crippen LogP contribution < -0.4 is 5.73 Å². The van der Waals surface area contributed by atoms with Gasteiger partial charge in [-0.2, -0.15) is 5.73 Å². The van der Waals surface area contributed by atoms with Crippen LogP contribution in [0.5, 0.6) is 0 Å². The smallest absolute Gasteiger partial charge is 0.0860 e. The molecule has 9 heavy (non-hydrogen) atoms. The minimum atomic E-state index is 0.315. The van der Waals surface area contributed by atoms with Crippen LogP contribution in [0.3, 0.4) is 0 Å². The second-order valence-electron chi connectivity index (χ2n) is 1.93. The molecule has 0 amide bonds. The van der Waals surface area contributed by atoms with Gasteiger partial charge < -0.3 is 0 Å². The fourth-order valence-corrected chi connectivity index (χ4v) is 0.875. The summed E-state index contributed by atoms with van der Waals surface area (Å²) in [5.74, 6) is 0. The van der Waals surface area contributed by atoms with Gasteiger partial charge in [0.2, 0.25) is 0 Å². The molecular weight excluding hydrogens is 178 g/mol. The summed E-state index contributed by atoms with van der Waals surface area (Å²) in [5.41, 5.74) is 10.3. The van der Waals surface area contributed by atoms with E-state index in [1.54, 1.807) is 12.1 Å². The standard InChI is InChI=1S/C7H6BrN/c1-5-4-6(9)2-3-7(5)8/h2-4H,1H3. The highest BCUT2D eigenvalue weighted by molar-refractivity contribution is 9.10. The number of nitrogens with zero attached hydrogens (tertiary/aromatic N) is 1. The molecule has 0 heterocycles. The van der Waals surface area contributed by atoms with Crippen LogP contribution in [0.4, 0.5) is 5.69 Å². The van der Waals surface area contributed by atoms with Crippen LogP contribution in [0.2, 0.25) is 0 Å². The fourth-order valence-electron chi connectivity index (χ4n) is 0.629. The van der Waals surface area contributed by atoms with Gasteiger partial charge in [0, 0.05) is 4.47 Å². The number of rotatable bonds is 0. The van der Waals surface area contributed by atoms with Gasteiger partial charge in [-0.3, -0.25) is 0 Å². The van der Waals surface area contributed by atoms with E-state index in [9.17, 15) is 0 Å². The highest BCUT2D eigenvalue weighted by Gasteiger charge is 1.92. The third kappa shape index (κ3) is 1.45. The quantitative estimate of drug-likeness (QED) is 0.590. The Morgan fingerprint density at radius 2 is 2.11 bits per heavy atom. The second-order valence-corrected chi connectivity index (χ2v) is 2.79. The first-order chi connectivity index (χ1) is 4.20. The van der Waals surface area contributed by atoms with Crippen molar-refractivity contribution in [2.45, 2.75) is 6.92 Å². The Kier molecular flexibility index (Phi) is 1.76. The lowest BCUT2D eigenvalue weighted by atomic mass is 10.2. The van der Waals surface area contributed by atoms with Gasteiger partial charge in [-0.05, 0) is 30.7 Å². The summed E-state index contributed by atoms with van der Waals surface area (Å²) >= 11 is 3.32. The molecule has 2 radical (unpaired) electrons. The van der Waals surface area contributed by atoms with Crippen LogP contribution in [0.25, 0.3) is 0 Å². The number of hydrogen-bond acceptors (Lipinski definition) is 0. The minimum Gasteiger partial charge on any atom is -0.151 e. The monoisotopic (exact) mass is 183 g/mol. The van der Waals surface area contributed by atoms with Crippen molar-refractivity contribution in [3.8, 4) is 0 Å². The minimum absolute atomic E-state index is 0.315. The maximum Gasteiger partial charge on any atom is 0.0860 e. The number of hydrogen-bond donors (Lipinski definition) is 0. The molecule has 0 spiro atoms. The molecule has 0 aliphatic carbocycles. The molecule has 0 aliphatic heterocycles. The van der Waals surface area contributed by atoms with Crippen molar-refractivity contribution in [3.63, 3.8) is 0 Å². The van der Waals surface area contributed by atoms with Gasteiger partial charge in [0.25, 0.3) is 0 Å². The van der Waals surface area contributed by atoms with E-state index in [4.69, 9.17) is 5.73 Å². The normalized spacial score (nSPS) is 9.56. The van der Waals surface area contributed by atoms with Crippen molar-refractivity contribution in [2.75, 3.05) is 0 Å². The van der Waals surface area contributed by atoms with Crippen LogP contribution in [-0.4, -0.2) is 0 Å². The number of halogens is 1. The van der Waals surface area contributed by atoms with Crippen molar-refractivity contribution in [2.24, 2.45) is 0 Å². The second kappa shape index (κ2) is 2.40. The third-order valence-electron chi connectivity index (χ3n) is 1.14. The topological polar surface area (TPSA) is 22.3 Å². The Morgan fingerprint density at radius 3 is 2.56 bits per heavy atom. The first kappa shape index (κ1) is 6.62. The Bertz CT molecular complexity index is 220. The predicted octanol–water partition coefficient (Wildman–Crippen LogP) is 2.46. The molecule has 0 saturated carbocycles. The summed E-state index contributed by atoms with van der Waals surface area (Å²) in [7, 11) is 0. The molecule has 2 heteroatoms. The lowest BCUT2D eigenvalue weighted by Crippen LogP contribution is -1.74. The fraction of sp³-hybridized carbons (Fsp3) is 0.143. The SMILES string of the molecule is Cc1cc([N])ccc1Br. The van der Waals surface area contributed by atoms with E-state index in [0.29, 0.717) is 5.69 Å². The van der Waals surface area contributed by atoms with Crippen LogP contribution in [-0.2, 0) is 0 Å². The first-order valence-electron chi connectivity index (χ1n) is 2.65. The molecule has 0 bridgehead atoms. The first-order valence-corrected chi connectivity index (χ1v) is 3.44. The molecule has 0 unspecified atom stereocenters. The zero-order chi connectivity index (χ0) is 6.85. The van der Waals surface area contributed by atoms with Crippen molar-refractivity contribution in [3.05, 3.63) is 28.2 Å². The highest BCUT2D eigenvalue weighted by Crippen LogP contribution is 2.18. The van der Waals surface area contributed by atoms with E-state index in [-0.39, 0.29) is 0 Å². The Balaban J connectivity index is 3.17. The lowest BCUT2D eigenvalue weighted by Gasteiger charge is -1.94. The van der Waals surface area contributed by atoms with Crippen molar-refractivity contribution in [1.82, 2.24) is 5.73 Å². The Morgan fingerprint density at radius 1 is 1.44 bits per heavy atom. The largest absolute Gasteiger partial charge is 0.151 e. The van der Waals surface area contributed by atoms with Crippen molar-refractivity contribution >= 4 is 21.6 Å². The van der Waals surface area contributed by atoms with E-state index in [1.807, 2.05) is 13.0 Å². The van der Waals surface area contributed by atoms with Crippen molar-refractivity contribution in [1.29, 1.82) is 0 Å². The summed E-state index contributed by atoms with van der Waals surface area (Å²) in [5, 5.41) is 0. The maximum absolute atomic E-state index is 8.92. The molecular formula is C7H6BrN. The summed E-state index contributed by atoms with van der Waals surface area (Å²) < 4.78 is 1.03. The van der Waals surface area contributed by atoms with Crippen LogP contribution >= 0.6 is 15.9 Å². The molecule has 0 aliphatic rings. The zero-order valence-corrected chi connectivity index (χ0v) is 6.64. The van der Waals surface area contributed by atoms with Gasteiger partial charge in [0.15, 0.2) is 0 Å². The van der Waals surface area contributed by atoms with Gasteiger partial charge in [-0.15, -0.1) is 0 Å². The van der Waals surface area contributed by atoms with Crippen LogP contribution in [0.1, 0.15) is 5.56 Å². The summed E-state index contributed by atoms with van der Waals surface area (Å²) in [6.45, 7) is 1.93. The average Bonchev–Trinajstić information content (AvgIpc) is 1.80. The van der Waals surface area contributed by atoms with Gasteiger partial charge in [0.1, 0.15) is 0 Å². The molecule has 0 atom stereocenters. The summed E-state index contributed by atoms with van der Waals surface area (Å²) in [6.07, 6.45) is 0. The van der Waals surface area contributed by atoms with E-state index in [1.165, 1.54) is 0 Å². The molecule has 0 fully saturated rings. The van der Waals surface area contributed by atoms with Gasteiger partial charge in [-0.25, -0.2) is 0 Å². The summed E-state index contributed by atoms with van der Waals surface area (Å²) in [4.78, 5) is 0. The molecule has 0 saturated heterocycles. The maximum atomic E-state index is 8.92. The molecule has 1 aromatic rings. The Labute approximate surface area is 63.0 Å². The van der Waals surface area contributed by atoms with Gasteiger partial charge in [0.05, 0.1) is 5.69 Å². The lowest BCUT2D eigenvalue weighted by molar-refractivity contribution is 1.38. The Hall–Kier alpha value is -0.500. The molecule has 0 N–H and O–H groups in total. The van der Waals surface area contributed by atoms with E-state index < -0.39 is 0 Å². The van der Waals surface area contributed by atoms with Crippen LogP contribution in [0.15, 0.2) is 22.7 Å². The molecule has 1 rings (SSSR count). The van der Waals surface area contributed by atoms with E-state index in [2.05, 4.69) is 15.9 Å². The third-order valence-corrected chi connectivity index (χ3v) is 2.03. The summed E-state index contributed by atoms with van der Waals surface area (Å²) in [6, 6.07) is 5.19. The molecule has 0 aromatic heterocycles. The molecule has 46 valence electrons. The molecule has 1 nitrogen and oxygen atoms in total. The van der Waals surface area contributed by atoms with E-state index >= 15 is 0 Å². The zero-order valence-electron chi connectivity index (χ0n) is 5.06. The van der Waals surface area contributed by atoms with Gasteiger partial charge >= 0.3 is 0 Å². The van der Waals surface area contributed by atoms with Gasteiger partial charge in [-0.1, -0.05) is 15.9 Å². The number of benzene rings is 1. The number of aryl methyl sites for hydroxylation is 1. The van der Waals surface area contributed by atoms with E-state index in [0.717, 1.165) is 10.0 Å². The van der Waals surface area contributed by atoms with Crippen molar-refractivity contribution < 1.29 is 0 Å². The van der Waals surface area contributed by atoms with Crippen LogP contribution in [0, 0.1) is 6.92 Å². The predicted molar refractivity (Wildman–Crippen MR) is 40.7 cm³/mol. The highest BCUT2D eigenvalue weighted by atomic mass is 79.9. The molecule has 1 aromatic carbocycles.